The molecule has 6 nitrogen and oxygen atoms in total. The van der Waals surface area contributed by atoms with Gasteiger partial charge in [0.15, 0.2) is 0 Å². The molecule has 0 atom stereocenters. The lowest BCUT2D eigenvalue weighted by Gasteiger charge is -2.30. The molecule has 1 N–H and O–H groups in total. The van der Waals surface area contributed by atoms with Crippen molar-refractivity contribution >= 4 is 43.2 Å². The SMILES string of the molecule is Cc1ccc(S(=O)(=O)N2CCC(C(=O)Nc3ccc4sc(C)nc4c3)CC2)cc1. The molecule has 1 aliphatic rings. The Morgan fingerprint density at radius 3 is 2.48 bits per heavy atom. The predicted octanol–water partition coefficient (Wildman–Crippen LogP) is 3.95. The molecule has 0 aliphatic carbocycles. The summed E-state index contributed by atoms with van der Waals surface area (Å²) in [6.45, 7) is 4.58. The molecular formula is C21H23N3O3S2. The van der Waals surface area contributed by atoms with Gasteiger partial charge in [0, 0.05) is 24.7 Å². The summed E-state index contributed by atoms with van der Waals surface area (Å²) < 4.78 is 28.2. The second kappa shape index (κ2) is 7.85. The Hall–Kier alpha value is -2.29. The van der Waals surface area contributed by atoms with Gasteiger partial charge in [0.05, 0.1) is 20.1 Å². The number of nitrogens with zero attached hydrogens (tertiary/aromatic N) is 2. The first-order valence-electron chi connectivity index (χ1n) is 9.58. The van der Waals surface area contributed by atoms with Gasteiger partial charge in [0.2, 0.25) is 15.9 Å². The molecule has 0 saturated carbocycles. The zero-order valence-corrected chi connectivity index (χ0v) is 18.0. The van der Waals surface area contributed by atoms with Crippen LogP contribution in [-0.2, 0) is 14.8 Å². The third-order valence-electron chi connectivity index (χ3n) is 5.25. The van der Waals surface area contributed by atoms with Crippen molar-refractivity contribution in [1.82, 2.24) is 9.29 Å². The maximum atomic E-state index is 12.8. The summed E-state index contributed by atoms with van der Waals surface area (Å²) in [5.74, 6) is -0.268. The minimum atomic E-state index is -3.51. The van der Waals surface area contributed by atoms with E-state index >= 15 is 0 Å². The summed E-state index contributed by atoms with van der Waals surface area (Å²) in [6, 6.07) is 12.6. The topological polar surface area (TPSA) is 79.4 Å². The summed E-state index contributed by atoms with van der Waals surface area (Å²) >= 11 is 1.62. The summed E-state index contributed by atoms with van der Waals surface area (Å²) in [6.07, 6.45) is 1.02. The first kappa shape index (κ1) is 20.0. The molecule has 29 heavy (non-hydrogen) atoms. The van der Waals surface area contributed by atoms with Gasteiger partial charge in [-0.15, -0.1) is 11.3 Å². The highest BCUT2D eigenvalue weighted by molar-refractivity contribution is 7.89. The molecule has 0 spiro atoms. The number of aryl methyl sites for hydroxylation is 2. The van der Waals surface area contributed by atoms with E-state index in [1.54, 1.807) is 35.6 Å². The van der Waals surface area contributed by atoms with E-state index in [1.807, 2.05) is 32.0 Å². The number of rotatable bonds is 4. The number of benzene rings is 2. The number of hydrogen-bond acceptors (Lipinski definition) is 5. The Balaban J connectivity index is 1.39. The maximum absolute atomic E-state index is 12.8. The average Bonchev–Trinajstić information content (AvgIpc) is 3.07. The van der Waals surface area contributed by atoms with E-state index in [2.05, 4.69) is 10.3 Å². The standard InChI is InChI=1S/C21H23N3O3S2/c1-14-3-6-18(7-4-14)29(26,27)24-11-9-16(10-12-24)21(25)23-17-5-8-20-19(13-17)22-15(2)28-20/h3-8,13,16H,9-12H2,1-2H3,(H,23,25). The fraction of sp³-hybridized carbons (Fsp3) is 0.333. The lowest BCUT2D eigenvalue weighted by molar-refractivity contribution is -0.120. The zero-order valence-electron chi connectivity index (χ0n) is 16.4. The number of nitrogens with one attached hydrogen (secondary N) is 1. The van der Waals surface area contributed by atoms with Crippen molar-refractivity contribution in [2.45, 2.75) is 31.6 Å². The van der Waals surface area contributed by atoms with Crippen molar-refractivity contribution in [1.29, 1.82) is 0 Å². The van der Waals surface area contributed by atoms with Gasteiger partial charge in [-0.05, 0) is 57.0 Å². The second-order valence-electron chi connectivity index (χ2n) is 7.40. The van der Waals surface area contributed by atoms with Crippen LogP contribution in [0.4, 0.5) is 5.69 Å². The van der Waals surface area contributed by atoms with Gasteiger partial charge >= 0.3 is 0 Å². The molecule has 3 aromatic rings. The highest BCUT2D eigenvalue weighted by Crippen LogP contribution is 2.27. The highest BCUT2D eigenvalue weighted by Gasteiger charge is 2.32. The molecule has 4 rings (SSSR count). The van der Waals surface area contributed by atoms with Crippen LogP contribution in [0.2, 0.25) is 0 Å². The lowest BCUT2D eigenvalue weighted by Crippen LogP contribution is -2.41. The summed E-state index contributed by atoms with van der Waals surface area (Å²) in [7, 11) is -3.51. The molecule has 0 radical (unpaired) electrons. The molecule has 1 aromatic heterocycles. The molecule has 1 aliphatic heterocycles. The van der Waals surface area contributed by atoms with E-state index in [0.717, 1.165) is 26.5 Å². The highest BCUT2D eigenvalue weighted by atomic mass is 32.2. The molecule has 1 saturated heterocycles. The Morgan fingerprint density at radius 2 is 1.79 bits per heavy atom. The summed E-state index contributed by atoms with van der Waals surface area (Å²) in [5, 5.41) is 3.95. The molecule has 8 heteroatoms. The fourth-order valence-corrected chi connectivity index (χ4v) is 5.86. The van der Waals surface area contributed by atoms with Crippen LogP contribution in [0.3, 0.4) is 0 Å². The number of sulfonamides is 1. The Labute approximate surface area is 174 Å². The number of fused-ring (bicyclic) bond motifs is 1. The van der Waals surface area contributed by atoms with Gasteiger partial charge in [-0.25, -0.2) is 13.4 Å². The van der Waals surface area contributed by atoms with E-state index in [1.165, 1.54) is 4.31 Å². The molecule has 1 amide bonds. The quantitative estimate of drug-likeness (QED) is 0.681. The largest absolute Gasteiger partial charge is 0.326 e. The Bertz CT molecular complexity index is 1150. The number of thiazole rings is 1. The Kier molecular flexibility index (Phi) is 5.42. The molecule has 152 valence electrons. The molecule has 0 unspecified atom stereocenters. The van der Waals surface area contributed by atoms with Crippen molar-refractivity contribution in [3.05, 3.63) is 53.0 Å². The van der Waals surface area contributed by atoms with Crippen LogP contribution in [0.1, 0.15) is 23.4 Å². The second-order valence-corrected chi connectivity index (χ2v) is 10.6. The third-order valence-corrected chi connectivity index (χ3v) is 8.11. The monoisotopic (exact) mass is 429 g/mol. The molecular weight excluding hydrogens is 406 g/mol. The molecule has 2 heterocycles. The van der Waals surface area contributed by atoms with Crippen LogP contribution in [0, 0.1) is 19.8 Å². The summed E-state index contributed by atoms with van der Waals surface area (Å²) in [4.78, 5) is 17.4. The maximum Gasteiger partial charge on any atom is 0.243 e. The normalized spacial score (nSPS) is 16.2. The van der Waals surface area contributed by atoms with Crippen LogP contribution in [0.25, 0.3) is 10.2 Å². The van der Waals surface area contributed by atoms with Gasteiger partial charge in [-0.1, -0.05) is 17.7 Å². The number of anilines is 1. The van der Waals surface area contributed by atoms with Crippen molar-refractivity contribution in [3.63, 3.8) is 0 Å². The molecule has 1 fully saturated rings. The van der Waals surface area contributed by atoms with E-state index in [-0.39, 0.29) is 11.8 Å². The van der Waals surface area contributed by atoms with Crippen molar-refractivity contribution in [3.8, 4) is 0 Å². The number of piperidine rings is 1. The molecule has 0 bridgehead atoms. The molecule has 2 aromatic carbocycles. The number of carbonyl (C=O) groups excluding carboxylic acids is 1. The average molecular weight is 430 g/mol. The van der Waals surface area contributed by atoms with E-state index < -0.39 is 10.0 Å². The van der Waals surface area contributed by atoms with Gasteiger partial charge in [0.1, 0.15) is 0 Å². The van der Waals surface area contributed by atoms with Crippen LogP contribution < -0.4 is 5.32 Å². The minimum absolute atomic E-state index is 0.0660. The number of hydrogen-bond donors (Lipinski definition) is 1. The van der Waals surface area contributed by atoms with Crippen LogP contribution in [-0.4, -0.2) is 36.7 Å². The third kappa shape index (κ3) is 4.19. The van der Waals surface area contributed by atoms with Crippen molar-refractivity contribution in [2.75, 3.05) is 18.4 Å². The van der Waals surface area contributed by atoms with Gasteiger partial charge in [-0.3, -0.25) is 4.79 Å². The van der Waals surface area contributed by atoms with Crippen LogP contribution in [0.15, 0.2) is 47.4 Å². The van der Waals surface area contributed by atoms with E-state index in [0.29, 0.717) is 30.8 Å². The van der Waals surface area contributed by atoms with Gasteiger partial charge in [-0.2, -0.15) is 4.31 Å². The van der Waals surface area contributed by atoms with E-state index in [9.17, 15) is 13.2 Å². The van der Waals surface area contributed by atoms with Gasteiger partial charge in [0.25, 0.3) is 0 Å². The lowest BCUT2D eigenvalue weighted by atomic mass is 9.97. The zero-order chi connectivity index (χ0) is 20.6. The fourth-order valence-electron chi connectivity index (χ4n) is 3.58. The number of aromatic nitrogens is 1. The number of carbonyl (C=O) groups is 1. The summed E-state index contributed by atoms with van der Waals surface area (Å²) in [5.41, 5.74) is 2.62. The van der Waals surface area contributed by atoms with Crippen molar-refractivity contribution < 1.29 is 13.2 Å². The minimum Gasteiger partial charge on any atom is -0.326 e. The smallest absolute Gasteiger partial charge is 0.243 e. The Morgan fingerprint density at radius 1 is 1.10 bits per heavy atom. The van der Waals surface area contributed by atoms with Gasteiger partial charge < -0.3 is 5.32 Å². The van der Waals surface area contributed by atoms with E-state index in [4.69, 9.17) is 0 Å². The first-order valence-corrected chi connectivity index (χ1v) is 11.8. The van der Waals surface area contributed by atoms with Crippen molar-refractivity contribution in [2.24, 2.45) is 5.92 Å². The first-order chi connectivity index (χ1) is 13.8. The van der Waals surface area contributed by atoms with Crippen LogP contribution in [0.5, 0.6) is 0 Å². The van der Waals surface area contributed by atoms with Crippen LogP contribution >= 0.6 is 11.3 Å². The number of amides is 1. The predicted molar refractivity (Wildman–Crippen MR) is 116 cm³/mol.